The zero-order valence-electron chi connectivity index (χ0n) is 13.6. The third kappa shape index (κ3) is 2.70. The molecule has 0 aromatic rings. The Morgan fingerprint density at radius 1 is 1.00 bits per heavy atom. The van der Waals surface area contributed by atoms with E-state index in [4.69, 9.17) is 4.74 Å². The molecule has 3 fully saturated rings. The van der Waals surface area contributed by atoms with Gasteiger partial charge >= 0.3 is 0 Å². The van der Waals surface area contributed by atoms with Crippen LogP contribution >= 0.6 is 0 Å². The maximum absolute atomic E-state index is 6.78. The van der Waals surface area contributed by atoms with Crippen molar-refractivity contribution in [1.82, 2.24) is 4.90 Å². The topological polar surface area (TPSA) is 12.5 Å². The van der Waals surface area contributed by atoms with Crippen molar-refractivity contribution in [2.75, 3.05) is 20.1 Å². The van der Waals surface area contributed by atoms with Gasteiger partial charge in [0.1, 0.15) is 0 Å². The maximum Gasteiger partial charge on any atom is 0.0684 e. The largest absolute Gasteiger partial charge is 0.373 e. The lowest BCUT2D eigenvalue weighted by molar-refractivity contribution is -0.134. The Morgan fingerprint density at radius 3 is 2.76 bits per heavy atom. The first-order valence-electron chi connectivity index (χ1n) is 9.37. The first kappa shape index (κ1) is 14.3. The van der Waals surface area contributed by atoms with Crippen LogP contribution in [0.25, 0.3) is 0 Å². The highest BCUT2D eigenvalue weighted by Crippen LogP contribution is 2.48. The first-order valence-corrected chi connectivity index (χ1v) is 9.37. The zero-order chi connectivity index (χ0) is 14.2. The van der Waals surface area contributed by atoms with Crippen molar-refractivity contribution in [2.45, 2.75) is 70.0 Å². The molecule has 0 aromatic carbocycles. The van der Waals surface area contributed by atoms with Gasteiger partial charge in [-0.25, -0.2) is 0 Å². The van der Waals surface area contributed by atoms with Gasteiger partial charge < -0.3 is 9.64 Å². The minimum absolute atomic E-state index is 0.527. The Bertz CT molecular complexity index is 404. The second-order valence-corrected chi connectivity index (χ2v) is 7.94. The lowest BCUT2D eigenvalue weighted by atomic mass is 9.66. The van der Waals surface area contributed by atoms with E-state index in [1.165, 1.54) is 70.9 Å². The Balaban J connectivity index is 1.58. The molecule has 4 aliphatic rings. The van der Waals surface area contributed by atoms with Crippen LogP contribution < -0.4 is 0 Å². The second kappa shape index (κ2) is 6.04. The Kier molecular flexibility index (Phi) is 4.10. The van der Waals surface area contributed by atoms with Gasteiger partial charge in [-0.15, -0.1) is 0 Å². The Morgan fingerprint density at radius 2 is 1.86 bits per heavy atom. The SMILES string of the molecule is CN1CCCC([C@H]2O[C@H]3CCCC[C@@H]3C3=CCCC[C@H]32)C1. The van der Waals surface area contributed by atoms with E-state index in [0.29, 0.717) is 12.2 Å². The summed E-state index contributed by atoms with van der Waals surface area (Å²) >= 11 is 0. The van der Waals surface area contributed by atoms with Gasteiger partial charge in [0.15, 0.2) is 0 Å². The summed E-state index contributed by atoms with van der Waals surface area (Å²) in [6.45, 7) is 2.54. The van der Waals surface area contributed by atoms with Gasteiger partial charge in [0.05, 0.1) is 12.2 Å². The monoisotopic (exact) mass is 289 g/mol. The minimum Gasteiger partial charge on any atom is -0.373 e. The number of ether oxygens (including phenoxy) is 1. The molecule has 1 unspecified atom stereocenters. The molecular weight excluding hydrogens is 258 g/mol. The van der Waals surface area contributed by atoms with Crippen molar-refractivity contribution in [3.8, 4) is 0 Å². The van der Waals surface area contributed by atoms with Crippen LogP contribution in [0.15, 0.2) is 11.6 Å². The fourth-order valence-corrected chi connectivity index (χ4v) is 5.56. The fraction of sp³-hybridized carbons (Fsp3) is 0.895. The van der Waals surface area contributed by atoms with E-state index in [9.17, 15) is 0 Å². The van der Waals surface area contributed by atoms with Gasteiger partial charge in [0, 0.05) is 18.4 Å². The van der Waals surface area contributed by atoms with Crippen LogP contribution in [0.1, 0.15) is 57.8 Å². The number of nitrogens with zero attached hydrogens (tertiary/aromatic N) is 1. The molecule has 5 atom stereocenters. The number of hydrogen-bond donors (Lipinski definition) is 0. The molecule has 0 spiro atoms. The van der Waals surface area contributed by atoms with Crippen molar-refractivity contribution in [2.24, 2.45) is 17.8 Å². The molecule has 0 bridgehead atoms. The predicted octanol–water partition coefficient (Wildman–Crippen LogP) is 4.01. The van der Waals surface area contributed by atoms with Crippen LogP contribution in [0.5, 0.6) is 0 Å². The highest BCUT2D eigenvalue weighted by molar-refractivity contribution is 5.21. The van der Waals surface area contributed by atoms with Crippen LogP contribution in [-0.4, -0.2) is 37.2 Å². The van der Waals surface area contributed by atoms with Crippen molar-refractivity contribution in [1.29, 1.82) is 0 Å². The molecule has 2 heteroatoms. The molecule has 2 saturated heterocycles. The number of rotatable bonds is 1. The molecule has 2 aliphatic heterocycles. The smallest absolute Gasteiger partial charge is 0.0684 e. The van der Waals surface area contributed by atoms with E-state index in [0.717, 1.165) is 17.8 Å². The highest BCUT2D eigenvalue weighted by Gasteiger charge is 2.45. The molecule has 4 rings (SSSR count). The molecule has 0 amide bonds. The number of fused-ring (bicyclic) bond motifs is 3. The van der Waals surface area contributed by atoms with E-state index < -0.39 is 0 Å². The first-order chi connectivity index (χ1) is 10.3. The van der Waals surface area contributed by atoms with Crippen LogP contribution in [-0.2, 0) is 4.74 Å². The summed E-state index contributed by atoms with van der Waals surface area (Å²) in [6, 6.07) is 0. The summed E-state index contributed by atoms with van der Waals surface area (Å²) < 4.78 is 6.78. The van der Waals surface area contributed by atoms with Gasteiger partial charge in [-0.3, -0.25) is 0 Å². The van der Waals surface area contributed by atoms with E-state index in [-0.39, 0.29) is 0 Å². The molecule has 0 N–H and O–H groups in total. The van der Waals surface area contributed by atoms with Crippen LogP contribution in [0.2, 0.25) is 0 Å². The predicted molar refractivity (Wildman–Crippen MR) is 86.3 cm³/mol. The molecule has 2 heterocycles. The van der Waals surface area contributed by atoms with Crippen LogP contribution in [0.3, 0.4) is 0 Å². The van der Waals surface area contributed by atoms with E-state index in [1.54, 1.807) is 0 Å². The van der Waals surface area contributed by atoms with Gasteiger partial charge in [0.2, 0.25) is 0 Å². The third-order valence-corrected chi connectivity index (χ3v) is 6.51. The van der Waals surface area contributed by atoms with Crippen molar-refractivity contribution < 1.29 is 4.74 Å². The number of allylic oxidation sites excluding steroid dienone is 1. The third-order valence-electron chi connectivity index (χ3n) is 6.51. The lowest BCUT2D eigenvalue weighted by Crippen LogP contribution is -2.51. The number of hydrogen-bond acceptors (Lipinski definition) is 2. The Labute approximate surface area is 129 Å². The minimum atomic E-state index is 0.527. The number of likely N-dealkylation sites (tertiary alicyclic amines) is 1. The average Bonchev–Trinajstić information content (AvgIpc) is 2.54. The summed E-state index contributed by atoms with van der Waals surface area (Å²) in [4.78, 5) is 2.52. The highest BCUT2D eigenvalue weighted by atomic mass is 16.5. The van der Waals surface area contributed by atoms with Crippen molar-refractivity contribution in [3.05, 3.63) is 11.6 Å². The summed E-state index contributed by atoms with van der Waals surface area (Å²) in [5.74, 6) is 2.31. The van der Waals surface area contributed by atoms with Crippen LogP contribution in [0.4, 0.5) is 0 Å². The van der Waals surface area contributed by atoms with Gasteiger partial charge in [-0.2, -0.15) is 0 Å². The van der Waals surface area contributed by atoms with Gasteiger partial charge in [-0.1, -0.05) is 24.5 Å². The standard InChI is InChI=1S/C19H31NO/c1-20-12-6-7-14(13-20)19-17-10-3-2-8-15(17)16-9-4-5-11-18(16)21-19/h8,14,16-19H,2-7,9-13H2,1H3/t14?,16-,17-,18+,19-/m1/s1. The number of piperidine rings is 1. The van der Waals surface area contributed by atoms with Crippen molar-refractivity contribution in [3.63, 3.8) is 0 Å². The van der Waals surface area contributed by atoms with Crippen LogP contribution in [0, 0.1) is 17.8 Å². The molecule has 2 nitrogen and oxygen atoms in total. The summed E-state index contributed by atoms with van der Waals surface area (Å²) in [7, 11) is 2.29. The molecule has 118 valence electrons. The van der Waals surface area contributed by atoms with Gasteiger partial charge in [-0.05, 0) is 64.5 Å². The Hall–Kier alpha value is -0.340. The van der Waals surface area contributed by atoms with E-state index in [1.807, 2.05) is 5.57 Å². The lowest BCUT2D eigenvalue weighted by Gasteiger charge is -2.51. The fourth-order valence-electron chi connectivity index (χ4n) is 5.56. The molecule has 2 aliphatic carbocycles. The zero-order valence-corrected chi connectivity index (χ0v) is 13.6. The van der Waals surface area contributed by atoms with Gasteiger partial charge in [0.25, 0.3) is 0 Å². The summed E-state index contributed by atoms with van der Waals surface area (Å²) in [6.07, 6.45) is 16.1. The maximum atomic E-state index is 6.78. The average molecular weight is 289 g/mol. The summed E-state index contributed by atoms with van der Waals surface area (Å²) in [5, 5.41) is 0. The van der Waals surface area contributed by atoms with E-state index in [2.05, 4.69) is 18.0 Å². The molecule has 0 aromatic heterocycles. The molecule has 0 radical (unpaired) electrons. The molecular formula is C19H31NO. The quantitative estimate of drug-likeness (QED) is 0.676. The second-order valence-electron chi connectivity index (χ2n) is 7.94. The molecule has 21 heavy (non-hydrogen) atoms. The molecule has 1 saturated carbocycles. The summed E-state index contributed by atoms with van der Waals surface area (Å²) in [5.41, 5.74) is 1.83. The van der Waals surface area contributed by atoms with E-state index >= 15 is 0 Å². The normalized spacial score (nSPS) is 44.6. The van der Waals surface area contributed by atoms with Crippen molar-refractivity contribution >= 4 is 0 Å².